The Labute approximate surface area is 253 Å². The number of benzene rings is 2. The van der Waals surface area contributed by atoms with Crippen molar-refractivity contribution in [1.29, 1.82) is 5.41 Å². The van der Waals surface area contributed by atoms with Gasteiger partial charge in [-0.25, -0.2) is 4.39 Å². The van der Waals surface area contributed by atoms with Crippen LogP contribution in [0.4, 0.5) is 10.1 Å². The number of nitrogens with one attached hydrogen (secondary N) is 1. The minimum atomic E-state index is -0.611. The van der Waals surface area contributed by atoms with Gasteiger partial charge < -0.3 is 28.9 Å². The Kier molecular flexibility index (Phi) is 8.09. The molecule has 2 aliphatic heterocycles. The Bertz CT molecular complexity index is 1450. The maximum Gasteiger partial charge on any atom is 0.219 e. The summed E-state index contributed by atoms with van der Waals surface area (Å²) in [6.45, 7) is 14.4. The molecule has 9 nitrogen and oxygen atoms in total. The average Bonchev–Trinajstić information content (AvgIpc) is 3.74. The summed E-state index contributed by atoms with van der Waals surface area (Å²) in [5, 5.41) is 9.02. The quantitative estimate of drug-likeness (QED) is 0.403. The number of ether oxygens (including phenoxy) is 3. The number of anilines is 1. The number of fused-ring (bicyclic) bond motifs is 2. The number of carbonyl (C=O) groups excluding carboxylic acids is 2. The molecule has 43 heavy (non-hydrogen) atoms. The predicted molar refractivity (Wildman–Crippen MR) is 164 cm³/mol. The maximum atomic E-state index is 15.9. The molecule has 1 amide bonds. The molecule has 10 heteroatoms. The van der Waals surface area contributed by atoms with E-state index in [2.05, 4.69) is 25.7 Å². The highest BCUT2D eigenvalue weighted by molar-refractivity contribution is 6.08. The number of nitrogens with zero attached hydrogens (tertiary/aromatic N) is 3. The third-order valence-electron chi connectivity index (χ3n) is 8.80. The minimum Gasteiger partial charge on any atom is -0.494 e. The summed E-state index contributed by atoms with van der Waals surface area (Å²) < 4.78 is 33.2. The second-order valence-corrected chi connectivity index (χ2v) is 12.5. The smallest absolute Gasteiger partial charge is 0.219 e. The number of methoxy groups -OCH3 is 1. The first-order valence-corrected chi connectivity index (χ1v) is 15.1. The number of amides is 1. The summed E-state index contributed by atoms with van der Waals surface area (Å²) in [5.41, 5.74) is 2.18. The van der Waals surface area contributed by atoms with E-state index in [4.69, 9.17) is 19.6 Å². The third-order valence-corrected chi connectivity index (χ3v) is 8.80. The van der Waals surface area contributed by atoms with E-state index in [0.717, 1.165) is 24.1 Å². The molecule has 2 aromatic rings. The van der Waals surface area contributed by atoms with Gasteiger partial charge in [-0.2, -0.15) is 0 Å². The first-order valence-electron chi connectivity index (χ1n) is 15.1. The van der Waals surface area contributed by atoms with Crippen LogP contribution in [0.1, 0.15) is 81.4 Å². The Hall–Kier alpha value is -3.82. The van der Waals surface area contributed by atoms with Crippen molar-refractivity contribution in [2.24, 2.45) is 0 Å². The molecule has 2 aromatic carbocycles. The van der Waals surface area contributed by atoms with Crippen LogP contribution in [0.2, 0.25) is 0 Å². The van der Waals surface area contributed by atoms with E-state index in [0.29, 0.717) is 55.4 Å². The number of carbonyl (C=O) groups is 2. The van der Waals surface area contributed by atoms with Crippen molar-refractivity contribution in [3.63, 3.8) is 0 Å². The summed E-state index contributed by atoms with van der Waals surface area (Å²) in [7, 11) is 1.64. The molecular formula is C33H43FN4O5. The monoisotopic (exact) mass is 594 g/mol. The molecule has 0 bridgehead atoms. The molecule has 2 fully saturated rings. The Morgan fingerprint density at radius 3 is 2.19 bits per heavy atom. The molecule has 0 aromatic heterocycles. The van der Waals surface area contributed by atoms with Gasteiger partial charge in [-0.05, 0) is 55.9 Å². The SMILES string of the molecule is CCOc1cc2c(c(F)c1OCC)C(=N)N(CC(=O)c1cc(N3CCN(C(C)=O)CC3)c(OC)c(C(C)(C)C)c1)C21CC1. The number of piperazine rings is 1. The van der Waals surface area contributed by atoms with E-state index in [1.54, 1.807) is 31.9 Å². The molecule has 2 heterocycles. The zero-order valence-corrected chi connectivity index (χ0v) is 26.4. The fraction of sp³-hybridized carbons (Fsp3) is 0.545. The standard InChI is InChI=1S/C33H43FN4O5/c1-8-42-26-18-22-27(28(34)30(26)43-9-2)31(35)38(33(22)10-11-33)19-25(40)21-16-23(32(4,5)6)29(41-7)24(17-21)37-14-12-36(13-15-37)20(3)39/h16-18,35H,8-15,19H2,1-7H3. The van der Waals surface area contributed by atoms with Crippen LogP contribution in [0.5, 0.6) is 17.2 Å². The van der Waals surface area contributed by atoms with Crippen LogP contribution >= 0.6 is 0 Å². The zero-order valence-electron chi connectivity index (χ0n) is 26.4. The highest BCUT2D eigenvalue weighted by atomic mass is 19.1. The zero-order chi connectivity index (χ0) is 31.3. The second kappa shape index (κ2) is 11.4. The molecule has 3 aliphatic rings. The molecule has 1 saturated carbocycles. The van der Waals surface area contributed by atoms with E-state index in [1.165, 1.54) is 0 Å². The predicted octanol–water partition coefficient (Wildman–Crippen LogP) is 5.11. The fourth-order valence-electron chi connectivity index (χ4n) is 6.41. The molecule has 0 atom stereocenters. The normalized spacial score (nSPS) is 17.3. The number of rotatable bonds is 9. The fourth-order valence-corrected chi connectivity index (χ4v) is 6.41. The highest BCUT2D eigenvalue weighted by Gasteiger charge is 2.58. The van der Waals surface area contributed by atoms with E-state index in [1.807, 2.05) is 24.0 Å². The Morgan fingerprint density at radius 1 is 1.00 bits per heavy atom. The first kappa shape index (κ1) is 30.6. The van der Waals surface area contributed by atoms with Crippen LogP contribution in [-0.2, 0) is 15.7 Å². The first-order chi connectivity index (χ1) is 20.4. The second-order valence-electron chi connectivity index (χ2n) is 12.5. The van der Waals surface area contributed by atoms with E-state index >= 15 is 4.39 Å². The van der Waals surface area contributed by atoms with Crippen LogP contribution in [-0.4, -0.2) is 80.4 Å². The molecule has 1 spiro atoms. The summed E-state index contributed by atoms with van der Waals surface area (Å²) >= 11 is 0. The summed E-state index contributed by atoms with van der Waals surface area (Å²) in [6, 6.07) is 5.56. The topological polar surface area (TPSA) is 95.4 Å². The van der Waals surface area contributed by atoms with Gasteiger partial charge in [0.2, 0.25) is 5.91 Å². The number of ketones is 1. The van der Waals surface area contributed by atoms with Crippen molar-refractivity contribution >= 4 is 23.2 Å². The number of Topliss-reactive ketones (excluding diaryl/α,β-unsaturated/α-hetero) is 1. The van der Waals surface area contributed by atoms with Crippen molar-refractivity contribution in [1.82, 2.24) is 9.80 Å². The number of amidine groups is 1. The van der Waals surface area contributed by atoms with Gasteiger partial charge in [0.25, 0.3) is 0 Å². The van der Waals surface area contributed by atoms with E-state index < -0.39 is 11.4 Å². The van der Waals surface area contributed by atoms with E-state index in [-0.39, 0.29) is 47.4 Å². The maximum absolute atomic E-state index is 15.9. The molecule has 1 saturated heterocycles. The minimum absolute atomic E-state index is 0.00696. The van der Waals surface area contributed by atoms with Crippen LogP contribution in [0.15, 0.2) is 18.2 Å². The molecule has 232 valence electrons. The van der Waals surface area contributed by atoms with Gasteiger partial charge in [-0.1, -0.05) is 20.8 Å². The number of halogens is 1. The Balaban J connectivity index is 1.51. The van der Waals surface area contributed by atoms with Crippen molar-refractivity contribution in [2.45, 2.75) is 65.3 Å². The van der Waals surface area contributed by atoms with Crippen molar-refractivity contribution in [3.05, 3.63) is 46.3 Å². The lowest BCUT2D eigenvalue weighted by atomic mass is 9.84. The summed E-state index contributed by atoms with van der Waals surface area (Å²) in [6.07, 6.45) is 1.44. The van der Waals surface area contributed by atoms with E-state index in [9.17, 15) is 9.59 Å². The lowest BCUT2D eigenvalue weighted by molar-refractivity contribution is -0.129. The van der Waals surface area contributed by atoms with Crippen molar-refractivity contribution < 1.29 is 28.2 Å². The van der Waals surface area contributed by atoms with Gasteiger partial charge in [0.05, 0.1) is 43.7 Å². The van der Waals surface area contributed by atoms with Crippen LogP contribution in [0.25, 0.3) is 0 Å². The van der Waals surface area contributed by atoms with Gasteiger partial charge in [-0.3, -0.25) is 15.0 Å². The Morgan fingerprint density at radius 2 is 1.65 bits per heavy atom. The van der Waals surface area contributed by atoms with Crippen LogP contribution < -0.4 is 19.1 Å². The molecule has 5 rings (SSSR count). The average molecular weight is 595 g/mol. The molecule has 1 N–H and O–H groups in total. The van der Waals surface area contributed by atoms with Crippen molar-refractivity contribution in [3.8, 4) is 17.2 Å². The molecule has 0 unspecified atom stereocenters. The lowest BCUT2D eigenvalue weighted by Crippen LogP contribution is -2.48. The van der Waals surface area contributed by atoms with Gasteiger partial charge >= 0.3 is 0 Å². The molecular weight excluding hydrogens is 551 g/mol. The highest BCUT2D eigenvalue weighted by Crippen LogP contribution is 2.59. The largest absolute Gasteiger partial charge is 0.494 e. The number of hydrogen-bond acceptors (Lipinski definition) is 7. The van der Waals surface area contributed by atoms with Crippen LogP contribution in [0, 0.1) is 11.2 Å². The van der Waals surface area contributed by atoms with Gasteiger partial charge in [0.1, 0.15) is 11.6 Å². The van der Waals surface area contributed by atoms with Gasteiger partial charge in [0.15, 0.2) is 23.1 Å². The molecule has 0 radical (unpaired) electrons. The summed E-state index contributed by atoms with van der Waals surface area (Å²) in [5.74, 6) is 0.328. The van der Waals surface area contributed by atoms with Gasteiger partial charge in [0, 0.05) is 44.2 Å². The lowest BCUT2D eigenvalue weighted by Gasteiger charge is -2.37. The third kappa shape index (κ3) is 5.29. The summed E-state index contributed by atoms with van der Waals surface area (Å²) in [4.78, 5) is 31.8. The van der Waals surface area contributed by atoms with Gasteiger partial charge in [-0.15, -0.1) is 0 Å². The van der Waals surface area contributed by atoms with Crippen LogP contribution in [0.3, 0.4) is 0 Å². The molecule has 1 aliphatic carbocycles. The number of hydrogen-bond donors (Lipinski definition) is 1. The van der Waals surface area contributed by atoms with Crippen molar-refractivity contribution in [2.75, 3.05) is 57.9 Å².